The molecule has 1 aromatic rings. The van der Waals surface area contributed by atoms with E-state index in [0.29, 0.717) is 13.1 Å². The molecule has 1 aliphatic heterocycles. The van der Waals surface area contributed by atoms with Crippen LogP contribution in [0.3, 0.4) is 0 Å². The number of hydrogen-bond donors (Lipinski definition) is 1. The SMILES string of the molecule is O=C1CC(O)/C=C/[N+]#C/C=C\CN1Cc1ccccc1. The van der Waals surface area contributed by atoms with Gasteiger partial charge in [0.25, 0.3) is 0 Å². The molecule has 0 bridgehead atoms. The Bertz CT molecular complexity index is 567. The summed E-state index contributed by atoms with van der Waals surface area (Å²) in [5.74, 6) is -0.0856. The van der Waals surface area contributed by atoms with Crippen LogP contribution >= 0.6 is 0 Å². The molecule has 1 heterocycles. The number of carbonyl (C=O) groups is 1. The molecule has 1 aromatic carbocycles. The Hall–Kier alpha value is -2.38. The number of allylic oxidation sites excluding steroid dienone is 1. The highest BCUT2D eigenvalue weighted by atomic mass is 16.3. The normalized spacial score (nSPS) is 22.4. The lowest BCUT2D eigenvalue weighted by Gasteiger charge is -2.22. The Balaban J connectivity index is 2.13. The van der Waals surface area contributed by atoms with Crippen LogP contribution in [0.25, 0.3) is 4.85 Å². The Morgan fingerprint density at radius 1 is 1.35 bits per heavy atom. The molecule has 0 saturated carbocycles. The average molecular weight is 269 g/mol. The van der Waals surface area contributed by atoms with Crippen molar-refractivity contribution < 1.29 is 9.90 Å². The Morgan fingerprint density at radius 2 is 2.15 bits per heavy atom. The number of rotatable bonds is 2. The summed E-state index contributed by atoms with van der Waals surface area (Å²) < 4.78 is 0. The van der Waals surface area contributed by atoms with Crippen LogP contribution in [0, 0.1) is 6.07 Å². The van der Waals surface area contributed by atoms with Gasteiger partial charge >= 0.3 is 12.3 Å². The third kappa shape index (κ3) is 4.38. The van der Waals surface area contributed by atoms with Crippen molar-refractivity contribution in [1.82, 2.24) is 4.90 Å². The lowest BCUT2D eigenvalue weighted by molar-refractivity contribution is -0.132. The molecule has 0 aliphatic carbocycles. The van der Waals surface area contributed by atoms with Crippen LogP contribution in [0.15, 0.2) is 54.8 Å². The number of nitrogens with zero attached hydrogens (tertiary/aromatic N) is 2. The third-order valence-corrected chi connectivity index (χ3v) is 2.93. The van der Waals surface area contributed by atoms with Crippen molar-refractivity contribution in [3.8, 4) is 6.07 Å². The van der Waals surface area contributed by atoms with Crippen LogP contribution in [0.5, 0.6) is 0 Å². The first-order valence-corrected chi connectivity index (χ1v) is 6.52. The highest BCUT2D eigenvalue weighted by Gasteiger charge is 2.16. The first-order chi connectivity index (χ1) is 9.75. The van der Waals surface area contributed by atoms with Crippen LogP contribution in [0.2, 0.25) is 0 Å². The van der Waals surface area contributed by atoms with Gasteiger partial charge in [0.1, 0.15) is 0 Å². The second-order valence-electron chi connectivity index (χ2n) is 4.53. The minimum Gasteiger partial charge on any atom is -0.388 e. The van der Waals surface area contributed by atoms with Crippen molar-refractivity contribution in [1.29, 1.82) is 0 Å². The molecule has 1 amide bonds. The molecule has 1 unspecified atom stereocenters. The van der Waals surface area contributed by atoms with Crippen LogP contribution in [-0.2, 0) is 11.3 Å². The van der Waals surface area contributed by atoms with E-state index < -0.39 is 6.10 Å². The van der Waals surface area contributed by atoms with Gasteiger partial charge in [-0.15, -0.1) is 0 Å². The molecule has 1 atom stereocenters. The first kappa shape index (κ1) is 14.0. The van der Waals surface area contributed by atoms with Gasteiger partial charge in [0.05, 0.1) is 18.6 Å². The molecule has 1 N–H and O–H groups in total. The van der Waals surface area contributed by atoms with Crippen LogP contribution < -0.4 is 0 Å². The maximum atomic E-state index is 12.2. The smallest absolute Gasteiger partial charge is 0.311 e. The fourth-order valence-corrected chi connectivity index (χ4v) is 1.90. The van der Waals surface area contributed by atoms with E-state index in [1.165, 1.54) is 12.3 Å². The molecule has 20 heavy (non-hydrogen) atoms. The predicted molar refractivity (Wildman–Crippen MR) is 78.0 cm³/mol. The Labute approximate surface area is 118 Å². The number of aliphatic hydroxyl groups is 1. The van der Waals surface area contributed by atoms with Crippen molar-refractivity contribution in [3.05, 3.63) is 65.2 Å². The van der Waals surface area contributed by atoms with E-state index in [1.54, 1.807) is 11.0 Å². The summed E-state index contributed by atoms with van der Waals surface area (Å²) in [6.07, 6.45) is 5.69. The lowest BCUT2D eigenvalue weighted by atomic mass is 10.1. The van der Waals surface area contributed by atoms with Gasteiger partial charge < -0.3 is 10.0 Å². The van der Waals surface area contributed by atoms with Gasteiger partial charge in [-0.2, -0.15) is 0 Å². The van der Waals surface area contributed by atoms with Crippen molar-refractivity contribution >= 4 is 5.91 Å². The molecule has 2 rings (SSSR count). The zero-order chi connectivity index (χ0) is 14.2. The van der Waals surface area contributed by atoms with E-state index in [4.69, 9.17) is 0 Å². The molecule has 1 aliphatic rings. The molecule has 0 aromatic heterocycles. The molecule has 0 radical (unpaired) electrons. The molecular weight excluding hydrogens is 252 g/mol. The number of hydrogen-bond acceptors (Lipinski definition) is 2. The summed E-state index contributed by atoms with van der Waals surface area (Å²) in [6, 6.07) is 12.5. The summed E-state index contributed by atoms with van der Waals surface area (Å²) in [6.45, 7) is 1.00. The van der Waals surface area contributed by atoms with E-state index in [1.807, 2.05) is 36.4 Å². The topological polar surface area (TPSA) is 44.9 Å². The lowest BCUT2D eigenvalue weighted by Crippen LogP contribution is -2.32. The predicted octanol–water partition coefficient (Wildman–Crippen LogP) is 2.18. The fourth-order valence-electron chi connectivity index (χ4n) is 1.90. The maximum absolute atomic E-state index is 12.2. The molecule has 0 saturated heterocycles. The van der Waals surface area contributed by atoms with Crippen LogP contribution in [0.1, 0.15) is 12.0 Å². The first-order valence-electron chi connectivity index (χ1n) is 6.52. The minimum atomic E-state index is -0.815. The van der Waals surface area contributed by atoms with E-state index in [2.05, 4.69) is 10.9 Å². The van der Waals surface area contributed by atoms with Gasteiger partial charge in [0.2, 0.25) is 5.91 Å². The molecule has 4 nitrogen and oxygen atoms in total. The largest absolute Gasteiger partial charge is 0.388 e. The van der Waals surface area contributed by atoms with E-state index in [9.17, 15) is 9.90 Å². The second-order valence-corrected chi connectivity index (χ2v) is 4.53. The van der Waals surface area contributed by atoms with Crippen molar-refractivity contribution in [2.75, 3.05) is 6.54 Å². The van der Waals surface area contributed by atoms with E-state index >= 15 is 0 Å². The highest BCUT2D eigenvalue weighted by molar-refractivity contribution is 5.77. The zero-order valence-electron chi connectivity index (χ0n) is 11.1. The van der Waals surface area contributed by atoms with Crippen molar-refractivity contribution in [3.63, 3.8) is 0 Å². The average Bonchev–Trinajstić information content (AvgIpc) is 2.48. The molecule has 4 heteroatoms. The fraction of sp³-hybridized carbons (Fsp3) is 0.250. The quantitative estimate of drug-likeness (QED) is 0.894. The number of amides is 1. The highest BCUT2D eigenvalue weighted by Crippen LogP contribution is 2.08. The van der Waals surface area contributed by atoms with Crippen LogP contribution in [0.4, 0.5) is 0 Å². The van der Waals surface area contributed by atoms with Crippen LogP contribution in [-0.4, -0.2) is 28.6 Å². The van der Waals surface area contributed by atoms with Gasteiger partial charge in [0.15, 0.2) is 0 Å². The summed E-state index contributed by atoms with van der Waals surface area (Å²) in [7, 11) is 0. The van der Waals surface area contributed by atoms with E-state index in [-0.39, 0.29) is 12.3 Å². The zero-order valence-corrected chi connectivity index (χ0v) is 11.1. The molecule has 0 fully saturated rings. The number of aliphatic hydroxyl groups excluding tert-OH is 1. The summed E-state index contributed by atoms with van der Waals surface area (Å²) in [4.78, 5) is 17.8. The maximum Gasteiger partial charge on any atom is 0.311 e. The van der Waals surface area contributed by atoms with Crippen molar-refractivity contribution in [2.45, 2.75) is 19.1 Å². The Kier molecular flexibility index (Phi) is 5.10. The second kappa shape index (κ2) is 7.27. The summed E-state index contributed by atoms with van der Waals surface area (Å²) in [5, 5.41) is 9.73. The molecular formula is C16H17N2O2+. The van der Waals surface area contributed by atoms with E-state index in [0.717, 1.165) is 5.56 Å². The van der Waals surface area contributed by atoms with Gasteiger partial charge in [-0.25, -0.2) is 0 Å². The monoisotopic (exact) mass is 269 g/mol. The summed E-state index contributed by atoms with van der Waals surface area (Å²) in [5.41, 5.74) is 1.06. The Morgan fingerprint density at radius 3 is 2.95 bits per heavy atom. The number of carbonyl (C=O) groups excluding carboxylic acids is 1. The summed E-state index contributed by atoms with van der Waals surface area (Å²) >= 11 is 0. The minimum absolute atomic E-state index is 0.0622. The van der Waals surface area contributed by atoms with Gasteiger partial charge in [0, 0.05) is 19.2 Å². The van der Waals surface area contributed by atoms with Gasteiger partial charge in [-0.1, -0.05) is 36.4 Å². The molecule has 0 spiro atoms. The molecule has 102 valence electrons. The van der Waals surface area contributed by atoms with Crippen molar-refractivity contribution in [2.24, 2.45) is 0 Å². The number of benzene rings is 1. The third-order valence-electron chi connectivity index (χ3n) is 2.93. The van der Waals surface area contributed by atoms with Gasteiger partial charge in [-0.3, -0.25) is 4.79 Å². The van der Waals surface area contributed by atoms with Gasteiger partial charge in [-0.05, 0) is 10.4 Å². The standard InChI is InChI=1S/C16H17N2O2/c19-15-8-10-17-9-4-5-11-18(16(20)12-15)13-14-6-2-1-3-7-14/h1-8,10,15,19H,11-13H2/q+1/b5-4-,10-8+.